The minimum atomic E-state index is 0.767. The van der Waals surface area contributed by atoms with E-state index in [4.69, 9.17) is 4.42 Å². The zero-order chi connectivity index (χ0) is 15.4. The lowest BCUT2D eigenvalue weighted by Crippen LogP contribution is -3.06. The fraction of sp³-hybridized carbons (Fsp3) is 0.167. The lowest BCUT2D eigenvalue weighted by Gasteiger charge is -2.11. The maximum Gasteiger partial charge on any atom is 0.250 e. The van der Waals surface area contributed by atoms with Crippen LogP contribution in [0, 0.1) is 0 Å². The number of hydrogen-bond acceptors (Lipinski definition) is 2. The Morgan fingerprint density at radius 2 is 1.73 bits per heavy atom. The fourth-order valence-electron chi connectivity index (χ4n) is 2.40. The summed E-state index contributed by atoms with van der Waals surface area (Å²) in [6.45, 7) is 1.71. The lowest BCUT2D eigenvalue weighted by atomic mass is 10.2. The van der Waals surface area contributed by atoms with E-state index in [1.807, 2.05) is 30.3 Å². The number of halogens is 1. The number of rotatable bonds is 5. The summed E-state index contributed by atoms with van der Waals surface area (Å²) in [4.78, 5) is 5.73. The molecule has 0 aliphatic heterocycles. The monoisotopic (exact) mass is 357 g/mol. The number of quaternary nitrogens is 1. The van der Waals surface area contributed by atoms with Gasteiger partial charge < -0.3 is 9.32 Å². The van der Waals surface area contributed by atoms with Crippen LogP contribution in [-0.4, -0.2) is 12.0 Å². The number of nitrogens with zero attached hydrogens (tertiary/aromatic N) is 1. The van der Waals surface area contributed by atoms with Crippen molar-refractivity contribution in [3.8, 4) is 11.3 Å². The van der Waals surface area contributed by atoms with Crippen LogP contribution < -0.4 is 4.90 Å². The van der Waals surface area contributed by atoms with E-state index in [0.29, 0.717) is 0 Å². The Hall–Kier alpha value is -1.91. The summed E-state index contributed by atoms with van der Waals surface area (Å²) in [5.41, 5.74) is 2.36. The van der Waals surface area contributed by atoms with E-state index >= 15 is 0 Å². The molecule has 4 heteroatoms. The number of nitrogens with one attached hydrogen (secondary N) is 1. The number of hydrogen-bond donors (Lipinski definition) is 1. The van der Waals surface area contributed by atoms with Crippen molar-refractivity contribution >= 4 is 15.9 Å². The summed E-state index contributed by atoms with van der Waals surface area (Å²) >= 11 is 3.46. The summed E-state index contributed by atoms with van der Waals surface area (Å²) in [5.74, 6) is 1.60. The molecule has 1 unspecified atom stereocenters. The van der Waals surface area contributed by atoms with Crippen LogP contribution in [-0.2, 0) is 13.1 Å². The quantitative estimate of drug-likeness (QED) is 0.759. The van der Waals surface area contributed by atoms with Crippen molar-refractivity contribution in [2.45, 2.75) is 13.1 Å². The average molecular weight is 358 g/mol. The van der Waals surface area contributed by atoms with Gasteiger partial charge in [0.25, 0.3) is 5.89 Å². The summed E-state index contributed by atoms with van der Waals surface area (Å²) in [6.07, 6.45) is 1.80. The SMILES string of the molecule is C[NH+](Cc1ccc(Br)cc1)Cc1ncc(-c2ccccc2)o1. The lowest BCUT2D eigenvalue weighted by molar-refractivity contribution is -0.909. The molecule has 112 valence electrons. The molecular weight excluding hydrogens is 340 g/mol. The molecule has 3 nitrogen and oxygen atoms in total. The summed E-state index contributed by atoms with van der Waals surface area (Å²) in [6, 6.07) is 18.5. The summed E-state index contributed by atoms with van der Waals surface area (Å²) < 4.78 is 6.96. The van der Waals surface area contributed by atoms with Crippen LogP contribution in [0.2, 0.25) is 0 Å². The average Bonchev–Trinajstić information content (AvgIpc) is 2.99. The van der Waals surface area contributed by atoms with E-state index in [1.54, 1.807) is 6.20 Å². The molecule has 0 aliphatic carbocycles. The second-order valence-corrected chi connectivity index (χ2v) is 6.34. The number of benzene rings is 2. The molecule has 2 aromatic carbocycles. The Balaban J connectivity index is 1.63. The smallest absolute Gasteiger partial charge is 0.250 e. The number of aromatic nitrogens is 1. The molecule has 1 heterocycles. The predicted octanol–water partition coefficient (Wildman–Crippen LogP) is 3.32. The second kappa shape index (κ2) is 6.90. The van der Waals surface area contributed by atoms with Gasteiger partial charge in [-0.1, -0.05) is 58.4 Å². The highest BCUT2D eigenvalue weighted by Crippen LogP contribution is 2.19. The first-order valence-corrected chi connectivity index (χ1v) is 8.06. The minimum Gasteiger partial charge on any atom is -0.435 e. The molecule has 22 heavy (non-hydrogen) atoms. The normalized spacial score (nSPS) is 12.3. The van der Waals surface area contributed by atoms with Crippen LogP contribution in [0.25, 0.3) is 11.3 Å². The molecule has 1 N–H and O–H groups in total. The first kappa shape index (κ1) is 15.0. The van der Waals surface area contributed by atoms with Crippen molar-refractivity contribution in [2.24, 2.45) is 0 Å². The third-order valence-corrected chi connectivity index (χ3v) is 4.01. The molecule has 0 bridgehead atoms. The Labute approximate surface area is 138 Å². The fourth-order valence-corrected chi connectivity index (χ4v) is 2.66. The van der Waals surface area contributed by atoms with Crippen molar-refractivity contribution in [1.29, 1.82) is 0 Å². The van der Waals surface area contributed by atoms with E-state index in [0.717, 1.165) is 34.8 Å². The van der Waals surface area contributed by atoms with Crippen LogP contribution in [0.5, 0.6) is 0 Å². The molecule has 0 aliphatic rings. The van der Waals surface area contributed by atoms with Gasteiger partial charge in [0.2, 0.25) is 0 Å². The van der Waals surface area contributed by atoms with Crippen molar-refractivity contribution in [1.82, 2.24) is 4.98 Å². The standard InChI is InChI=1S/C18H17BrN2O/c1-21(12-14-7-9-16(19)10-8-14)13-18-20-11-17(22-18)15-5-3-2-4-6-15/h2-11H,12-13H2,1H3/p+1. The largest absolute Gasteiger partial charge is 0.435 e. The van der Waals surface area contributed by atoms with Gasteiger partial charge in [-0.2, -0.15) is 0 Å². The highest BCUT2D eigenvalue weighted by atomic mass is 79.9. The molecule has 0 spiro atoms. The Morgan fingerprint density at radius 1 is 1.00 bits per heavy atom. The van der Waals surface area contributed by atoms with Gasteiger partial charge in [-0.15, -0.1) is 0 Å². The van der Waals surface area contributed by atoms with Crippen molar-refractivity contribution in [3.63, 3.8) is 0 Å². The minimum absolute atomic E-state index is 0.767. The van der Waals surface area contributed by atoms with Gasteiger partial charge >= 0.3 is 0 Å². The predicted molar refractivity (Wildman–Crippen MR) is 90.4 cm³/mol. The summed E-state index contributed by atoms with van der Waals surface area (Å²) in [7, 11) is 2.15. The summed E-state index contributed by atoms with van der Waals surface area (Å²) in [5, 5.41) is 0. The Bertz CT molecular complexity index is 722. The molecule has 1 atom stereocenters. The van der Waals surface area contributed by atoms with Crippen molar-refractivity contribution < 1.29 is 9.32 Å². The molecule has 0 radical (unpaired) electrons. The van der Waals surface area contributed by atoms with Crippen LogP contribution >= 0.6 is 15.9 Å². The van der Waals surface area contributed by atoms with E-state index in [2.05, 4.69) is 52.2 Å². The van der Waals surface area contributed by atoms with Gasteiger partial charge in [-0.25, -0.2) is 4.98 Å². The maximum absolute atomic E-state index is 5.86. The van der Waals surface area contributed by atoms with Crippen LogP contribution in [0.3, 0.4) is 0 Å². The van der Waals surface area contributed by atoms with E-state index < -0.39 is 0 Å². The van der Waals surface area contributed by atoms with Gasteiger partial charge in [0, 0.05) is 15.6 Å². The van der Waals surface area contributed by atoms with Gasteiger partial charge in [0.1, 0.15) is 6.54 Å². The third kappa shape index (κ3) is 3.84. The van der Waals surface area contributed by atoms with Gasteiger partial charge in [-0.3, -0.25) is 0 Å². The Morgan fingerprint density at radius 3 is 2.45 bits per heavy atom. The molecular formula is C18H18BrN2O+. The zero-order valence-corrected chi connectivity index (χ0v) is 14.0. The number of oxazole rings is 1. The molecule has 1 aromatic heterocycles. The first-order chi connectivity index (χ1) is 10.7. The van der Waals surface area contributed by atoms with Crippen LogP contribution in [0.4, 0.5) is 0 Å². The molecule has 0 saturated carbocycles. The van der Waals surface area contributed by atoms with Gasteiger partial charge in [0.15, 0.2) is 12.3 Å². The van der Waals surface area contributed by atoms with E-state index in [1.165, 1.54) is 10.5 Å². The highest BCUT2D eigenvalue weighted by Gasteiger charge is 2.11. The molecule has 3 rings (SSSR count). The van der Waals surface area contributed by atoms with Gasteiger partial charge in [0.05, 0.1) is 13.2 Å². The maximum atomic E-state index is 5.86. The molecule has 0 saturated heterocycles. The van der Waals surface area contributed by atoms with Crippen molar-refractivity contribution in [2.75, 3.05) is 7.05 Å². The molecule has 0 amide bonds. The first-order valence-electron chi connectivity index (χ1n) is 7.26. The Kier molecular flexibility index (Phi) is 4.71. The van der Waals surface area contributed by atoms with Crippen LogP contribution in [0.15, 0.2) is 69.7 Å². The second-order valence-electron chi connectivity index (χ2n) is 5.42. The zero-order valence-electron chi connectivity index (χ0n) is 12.4. The van der Waals surface area contributed by atoms with Crippen molar-refractivity contribution in [3.05, 3.63) is 76.7 Å². The van der Waals surface area contributed by atoms with Gasteiger partial charge in [-0.05, 0) is 12.1 Å². The topological polar surface area (TPSA) is 30.5 Å². The molecule has 3 aromatic rings. The van der Waals surface area contributed by atoms with Crippen LogP contribution in [0.1, 0.15) is 11.5 Å². The van der Waals surface area contributed by atoms with E-state index in [-0.39, 0.29) is 0 Å². The molecule has 0 fully saturated rings. The van der Waals surface area contributed by atoms with E-state index in [9.17, 15) is 0 Å². The third-order valence-electron chi connectivity index (χ3n) is 3.48. The highest BCUT2D eigenvalue weighted by molar-refractivity contribution is 9.10.